The van der Waals surface area contributed by atoms with E-state index in [1.807, 2.05) is 18.2 Å². The number of rotatable bonds is 8. The first-order valence-electron chi connectivity index (χ1n) is 5.99. The molecule has 0 aliphatic carbocycles. The maximum absolute atomic E-state index is 11.8. The Hall–Kier alpha value is -2.06. The van der Waals surface area contributed by atoms with Crippen molar-refractivity contribution in [2.45, 2.75) is 45.4 Å². The van der Waals surface area contributed by atoms with Crippen molar-refractivity contribution in [3.63, 3.8) is 0 Å². The number of nitriles is 3. The Kier molecular flexibility index (Phi) is 7.99. The zero-order chi connectivity index (χ0) is 13.9. The van der Waals surface area contributed by atoms with Gasteiger partial charge in [-0.2, -0.15) is 15.8 Å². The maximum Gasteiger partial charge on any atom is 0.326 e. The second-order valence-electron chi connectivity index (χ2n) is 3.94. The highest BCUT2D eigenvalue weighted by atomic mass is 16.5. The Balaban J connectivity index is 4.67. The average Bonchev–Trinajstić information content (AvgIpc) is 2.39. The zero-order valence-electron chi connectivity index (χ0n) is 10.6. The number of hydrogen-bond acceptors (Lipinski definition) is 5. The first-order chi connectivity index (χ1) is 8.66. The number of unbranched alkanes of at least 4 members (excludes halogenated alkanes) is 2. The molecule has 0 heterocycles. The Morgan fingerprint density at radius 3 is 2.28 bits per heavy atom. The third-order valence-corrected chi connectivity index (χ3v) is 2.69. The monoisotopic (exact) mass is 247 g/mol. The molecule has 0 bridgehead atoms. The van der Waals surface area contributed by atoms with Crippen LogP contribution in [0.1, 0.15) is 45.4 Å². The van der Waals surface area contributed by atoms with Crippen LogP contribution in [-0.4, -0.2) is 12.6 Å². The minimum Gasteiger partial charge on any atom is -0.465 e. The molecular weight excluding hydrogens is 230 g/mol. The Bertz CT molecular complexity index is 387. The second kappa shape index (κ2) is 9.02. The van der Waals surface area contributed by atoms with Crippen LogP contribution in [0.2, 0.25) is 0 Å². The summed E-state index contributed by atoms with van der Waals surface area (Å²) in [6, 6.07) is 5.97. The molecule has 0 aromatic carbocycles. The summed E-state index contributed by atoms with van der Waals surface area (Å²) in [5, 5.41) is 26.3. The molecule has 0 spiro atoms. The molecule has 0 amide bonds. The van der Waals surface area contributed by atoms with Crippen molar-refractivity contribution in [3.8, 4) is 18.2 Å². The van der Waals surface area contributed by atoms with Crippen LogP contribution in [0.5, 0.6) is 0 Å². The summed E-state index contributed by atoms with van der Waals surface area (Å²) in [5.41, 5.74) is -1.23. The molecule has 0 rings (SSSR count). The lowest BCUT2D eigenvalue weighted by Gasteiger charge is -2.23. The van der Waals surface area contributed by atoms with Crippen LogP contribution in [0.4, 0.5) is 0 Å². The summed E-state index contributed by atoms with van der Waals surface area (Å²) < 4.78 is 4.92. The van der Waals surface area contributed by atoms with E-state index >= 15 is 0 Å². The summed E-state index contributed by atoms with van der Waals surface area (Å²) in [7, 11) is 0. The van der Waals surface area contributed by atoms with Gasteiger partial charge in [0.05, 0.1) is 24.8 Å². The lowest BCUT2D eigenvalue weighted by Crippen LogP contribution is -2.31. The Morgan fingerprint density at radius 2 is 1.78 bits per heavy atom. The molecule has 1 unspecified atom stereocenters. The SMILES string of the molecule is CCOC(=O)C(C#N)(CCC#N)CCCCC#N. The van der Waals surface area contributed by atoms with Crippen molar-refractivity contribution in [1.82, 2.24) is 0 Å². The van der Waals surface area contributed by atoms with Crippen LogP contribution >= 0.6 is 0 Å². The fraction of sp³-hybridized carbons (Fsp3) is 0.692. The van der Waals surface area contributed by atoms with E-state index in [2.05, 4.69) is 0 Å². The van der Waals surface area contributed by atoms with Gasteiger partial charge in [0.25, 0.3) is 0 Å². The molecule has 0 aromatic rings. The van der Waals surface area contributed by atoms with E-state index in [9.17, 15) is 10.1 Å². The number of ether oxygens (including phenoxy) is 1. The molecule has 1 atom stereocenters. The van der Waals surface area contributed by atoms with Gasteiger partial charge in [-0.05, 0) is 26.2 Å². The van der Waals surface area contributed by atoms with E-state index in [-0.39, 0.29) is 19.4 Å². The Morgan fingerprint density at radius 1 is 1.11 bits per heavy atom. The van der Waals surface area contributed by atoms with Crippen molar-refractivity contribution in [3.05, 3.63) is 0 Å². The van der Waals surface area contributed by atoms with Crippen molar-refractivity contribution in [1.29, 1.82) is 15.8 Å². The molecule has 0 N–H and O–H groups in total. The van der Waals surface area contributed by atoms with Crippen molar-refractivity contribution >= 4 is 5.97 Å². The van der Waals surface area contributed by atoms with Crippen LogP contribution in [0.25, 0.3) is 0 Å². The molecule has 0 aromatic heterocycles. The van der Waals surface area contributed by atoms with E-state index in [1.54, 1.807) is 6.92 Å². The van der Waals surface area contributed by atoms with Crippen molar-refractivity contribution in [2.24, 2.45) is 5.41 Å². The third kappa shape index (κ3) is 4.85. The summed E-state index contributed by atoms with van der Waals surface area (Å²) in [6.07, 6.45) is 2.32. The van der Waals surface area contributed by atoms with Gasteiger partial charge in [-0.15, -0.1) is 0 Å². The highest BCUT2D eigenvalue weighted by molar-refractivity contribution is 5.80. The summed E-state index contributed by atoms with van der Waals surface area (Å²) in [5.74, 6) is -0.556. The van der Waals surface area contributed by atoms with Crippen LogP contribution in [-0.2, 0) is 9.53 Å². The van der Waals surface area contributed by atoms with Crippen LogP contribution in [0, 0.1) is 39.4 Å². The number of carbonyl (C=O) groups is 1. The summed E-state index contributed by atoms with van der Waals surface area (Å²) in [6.45, 7) is 1.90. The van der Waals surface area contributed by atoms with E-state index < -0.39 is 11.4 Å². The fourth-order valence-corrected chi connectivity index (χ4v) is 1.66. The van der Waals surface area contributed by atoms with E-state index in [0.717, 1.165) is 0 Å². The van der Waals surface area contributed by atoms with Gasteiger partial charge < -0.3 is 4.74 Å². The van der Waals surface area contributed by atoms with Gasteiger partial charge in [0.2, 0.25) is 0 Å². The van der Waals surface area contributed by atoms with Crippen LogP contribution in [0.15, 0.2) is 0 Å². The molecule has 0 fully saturated rings. The van der Waals surface area contributed by atoms with Gasteiger partial charge in [-0.25, -0.2) is 0 Å². The number of nitrogens with zero attached hydrogens (tertiary/aromatic N) is 3. The highest BCUT2D eigenvalue weighted by Gasteiger charge is 2.39. The standard InChI is InChI=1S/C13H17N3O2/c1-2-18-12(17)13(11-16,8-6-10-15)7-4-3-5-9-14/h2-8H2,1H3. The normalized spacial score (nSPS) is 12.6. The minimum atomic E-state index is -1.23. The van der Waals surface area contributed by atoms with Crippen LogP contribution < -0.4 is 0 Å². The highest BCUT2D eigenvalue weighted by Crippen LogP contribution is 2.31. The summed E-state index contributed by atoms with van der Waals surface area (Å²) >= 11 is 0. The predicted octanol–water partition coefficient (Wildman–Crippen LogP) is 2.45. The van der Waals surface area contributed by atoms with Gasteiger partial charge in [-0.1, -0.05) is 6.42 Å². The smallest absolute Gasteiger partial charge is 0.326 e. The molecule has 0 radical (unpaired) electrons. The maximum atomic E-state index is 11.8. The molecular formula is C13H17N3O2. The zero-order valence-corrected chi connectivity index (χ0v) is 10.6. The van der Waals surface area contributed by atoms with Gasteiger partial charge in [-0.3, -0.25) is 4.79 Å². The Labute approximate surface area is 108 Å². The van der Waals surface area contributed by atoms with Gasteiger partial charge >= 0.3 is 5.97 Å². The first-order valence-corrected chi connectivity index (χ1v) is 5.99. The molecule has 0 saturated carbocycles. The molecule has 18 heavy (non-hydrogen) atoms. The van der Waals surface area contributed by atoms with E-state index in [4.69, 9.17) is 15.3 Å². The van der Waals surface area contributed by atoms with Crippen molar-refractivity contribution < 1.29 is 9.53 Å². The quantitative estimate of drug-likeness (QED) is 0.484. The van der Waals surface area contributed by atoms with E-state index in [1.165, 1.54) is 0 Å². The molecule has 0 aliphatic rings. The number of esters is 1. The largest absolute Gasteiger partial charge is 0.465 e. The lowest BCUT2D eigenvalue weighted by molar-refractivity contribution is -0.152. The first kappa shape index (κ1) is 15.9. The van der Waals surface area contributed by atoms with Crippen LogP contribution in [0.3, 0.4) is 0 Å². The number of hydrogen-bond donors (Lipinski definition) is 0. The van der Waals surface area contributed by atoms with Gasteiger partial charge in [0.1, 0.15) is 0 Å². The lowest BCUT2D eigenvalue weighted by atomic mass is 9.80. The van der Waals surface area contributed by atoms with Crippen molar-refractivity contribution in [2.75, 3.05) is 6.61 Å². The molecule has 5 heteroatoms. The third-order valence-electron chi connectivity index (χ3n) is 2.69. The van der Waals surface area contributed by atoms with Gasteiger partial charge in [0.15, 0.2) is 5.41 Å². The van der Waals surface area contributed by atoms with E-state index in [0.29, 0.717) is 25.7 Å². The average molecular weight is 247 g/mol. The number of carbonyl (C=O) groups excluding carboxylic acids is 1. The molecule has 5 nitrogen and oxygen atoms in total. The topological polar surface area (TPSA) is 97.7 Å². The predicted molar refractivity (Wildman–Crippen MR) is 63.6 cm³/mol. The molecule has 0 aliphatic heterocycles. The second-order valence-corrected chi connectivity index (χ2v) is 3.94. The van der Waals surface area contributed by atoms with Gasteiger partial charge in [0, 0.05) is 12.8 Å². The fourth-order valence-electron chi connectivity index (χ4n) is 1.66. The summed E-state index contributed by atoms with van der Waals surface area (Å²) in [4.78, 5) is 11.8. The molecule has 96 valence electrons. The minimum absolute atomic E-state index is 0.143. The molecule has 0 saturated heterocycles.